The van der Waals surface area contributed by atoms with Crippen LogP contribution in [0.5, 0.6) is 0 Å². The van der Waals surface area contributed by atoms with Gasteiger partial charge in [0.2, 0.25) is 5.91 Å². The van der Waals surface area contributed by atoms with E-state index in [2.05, 4.69) is 22.4 Å². The first-order valence-electron chi connectivity index (χ1n) is 5.83. The fourth-order valence-electron chi connectivity index (χ4n) is 1.20. The van der Waals surface area contributed by atoms with Gasteiger partial charge in [0.05, 0.1) is 12.3 Å². The van der Waals surface area contributed by atoms with Crippen LogP contribution in [0.15, 0.2) is 47.6 Å². The molecule has 0 spiro atoms. The molecule has 0 unspecified atom stereocenters. The average molecular weight is 259 g/mol. The second kappa shape index (κ2) is 7.10. The van der Waals surface area contributed by atoms with Crippen LogP contribution in [0.3, 0.4) is 0 Å². The van der Waals surface area contributed by atoms with Gasteiger partial charge in [-0.25, -0.2) is 5.43 Å². The van der Waals surface area contributed by atoms with Crippen molar-refractivity contribution in [3.05, 3.63) is 48.0 Å². The average Bonchev–Trinajstić information content (AvgIpc) is 2.42. The summed E-state index contributed by atoms with van der Waals surface area (Å²) in [6.07, 6.45) is 0. The zero-order chi connectivity index (χ0) is 14.3. The minimum atomic E-state index is -0.286. The van der Waals surface area contributed by atoms with Gasteiger partial charge in [-0.2, -0.15) is 5.10 Å². The Bertz CT molecular complexity index is 507. The van der Waals surface area contributed by atoms with E-state index >= 15 is 0 Å². The highest BCUT2D eigenvalue weighted by molar-refractivity contribution is 5.97. The summed E-state index contributed by atoms with van der Waals surface area (Å²) in [5.41, 5.74) is 3.99. The van der Waals surface area contributed by atoms with Crippen LogP contribution in [-0.4, -0.2) is 24.1 Å². The molecule has 0 radical (unpaired) electrons. The molecule has 0 saturated heterocycles. The first-order chi connectivity index (χ1) is 9.00. The molecule has 0 aliphatic heterocycles. The number of hydrogen-bond donors (Lipinski definition) is 2. The fourth-order valence-corrected chi connectivity index (χ4v) is 1.20. The third-order valence-corrected chi connectivity index (χ3v) is 2.28. The maximum absolute atomic E-state index is 11.7. The maximum atomic E-state index is 11.7. The topological polar surface area (TPSA) is 70.6 Å². The second-order valence-electron chi connectivity index (χ2n) is 4.12. The van der Waals surface area contributed by atoms with E-state index in [9.17, 15) is 9.59 Å². The molecule has 0 aliphatic rings. The number of carbonyl (C=O) groups excluding carboxylic acids is 2. The summed E-state index contributed by atoms with van der Waals surface area (Å²) in [7, 11) is 0. The first kappa shape index (κ1) is 14.6. The van der Waals surface area contributed by atoms with E-state index in [1.54, 1.807) is 38.1 Å². The van der Waals surface area contributed by atoms with Crippen molar-refractivity contribution in [1.29, 1.82) is 0 Å². The lowest BCUT2D eigenvalue weighted by Crippen LogP contribution is -2.30. The van der Waals surface area contributed by atoms with Crippen LogP contribution in [-0.2, 0) is 4.79 Å². The van der Waals surface area contributed by atoms with Crippen LogP contribution < -0.4 is 10.7 Å². The van der Waals surface area contributed by atoms with E-state index in [1.165, 1.54) is 0 Å². The van der Waals surface area contributed by atoms with Gasteiger partial charge in [0, 0.05) is 11.1 Å². The minimum absolute atomic E-state index is 0.232. The molecule has 0 atom stereocenters. The van der Waals surface area contributed by atoms with Gasteiger partial charge in [0.1, 0.15) is 0 Å². The number of amides is 2. The van der Waals surface area contributed by atoms with Gasteiger partial charge in [-0.3, -0.25) is 9.59 Å². The molecular weight excluding hydrogens is 242 g/mol. The zero-order valence-electron chi connectivity index (χ0n) is 11.1. The van der Waals surface area contributed by atoms with Crippen molar-refractivity contribution in [1.82, 2.24) is 10.7 Å². The molecule has 5 nitrogen and oxygen atoms in total. The Balaban J connectivity index is 2.46. The Kier molecular flexibility index (Phi) is 5.47. The molecule has 0 bridgehead atoms. The van der Waals surface area contributed by atoms with E-state index in [-0.39, 0.29) is 18.4 Å². The molecule has 1 rings (SSSR count). The van der Waals surface area contributed by atoms with Gasteiger partial charge < -0.3 is 5.32 Å². The Morgan fingerprint density at radius 3 is 2.42 bits per heavy atom. The normalized spacial score (nSPS) is 10.7. The number of carbonyl (C=O) groups is 2. The lowest BCUT2D eigenvalue weighted by Gasteiger charge is -2.05. The van der Waals surface area contributed by atoms with Crippen LogP contribution >= 0.6 is 0 Å². The summed E-state index contributed by atoms with van der Waals surface area (Å²) >= 11 is 0. The smallest absolute Gasteiger partial charge is 0.271 e. The third-order valence-electron chi connectivity index (χ3n) is 2.28. The zero-order valence-corrected chi connectivity index (χ0v) is 11.1. The second-order valence-corrected chi connectivity index (χ2v) is 4.12. The van der Waals surface area contributed by atoms with Crippen LogP contribution in [0.2, 0.25) is 0 Å². The molecular formula is C14H17N3O2. The highest BCUT2D eigenvalue weighted by Crippen LogP contribution is 1.97. The van der Waals surface area contributed by atoms with E-state index < -0.39 is 0 Å². The van der Waals surface area contributed by atoms with Gasteiger partial charge in [-0.1, -0.05) is 24.8 Å². The van der Waals surface area contributed by atoms with Gasteiger partial charge in [0.15, 0.2) is 0 Å². The minimum Gasteiger partial charge on any atom is -0.347 e. The predicted octanol–water partition coefficient (Wildman–Crippen LogP) is 1.48. The van der Waals surface area contributed by atoms with Crippen LogP contribution in [0.1, 0.15) is 24.2 Å². The summed E-state index contributed by atoms with van der Waals surface area (Å²) in [4.78, 5) is 22.9. The van der Waals surface area contributed by atoms with E-state index in [1.807, 2.05) is 6.07 Å². The molecule has 0 fully saturated rings. The fraction of sp³-hybridized carbons (Fsp3) is 0.214. The third kappa shape index (κ3) is 5.16. The Morgan fingerprint density at radius 2 is 1.84 bits per heavy atom. The molecule has 0 aliphatic carbocycles. The summed E-state index contributed by atoms with van der Waals surface area (Å²) < 4.78 is 0. The highest BCUT2D eigenvalue weighted by atomic mass is 16.2. The van der Waals surface area contributed by atoms with Gasteiger partial charge in [-0.15, -0.1) is 0 Å². The summed E-state index contributed by atoms with van der Waals surface area (Å²) in [5.74, 6) is -0.518. The summed E-state index contributed by atoms with van der Waals surface area (Å²) in [5, 5.41) is 6.53. The Labute approximate surface area is 112 Å². The number of benzene rings is 1. The molecule has 5 heteroatoms. The molecule has 19 heavy (non-hydrogen) atoms. The highest BCUT2D eigenvalue weighted by Gasteiger charge is 2.04. The molecule has 1 aromatic rings. The lowest BCUT2D eigenvalue weighted by atomic mass is 10.2. The van der Waals surface area contributed by atoms with Crippen molar-refractivity contribution in [2.75, 3.05) is 6.54 Å². The predicted molar refractivity (Wildman–Crippen MR) is 74.8 cm³/mol. The Morgan fingerprint density at radius 1 is 1.21 bits per heavy atom. The SMILES string of the molecule is C=C(C)C(=O)NCC(C)=NNC(=O)c1ccccc1. The standard InChI is InChI=1S/C14H17N3O2/c1-10(2)13(18)15-9-11(3)16-17-14(19)12-7-5-4-6-8-12/h4-8H,1,9H2,2-3H3,(H,15,18)(H,17,19). The lowest BCUT2D eigenvalue weighted by molar-refractivity contribution is -0.117. The summed E-state index contributed by atoms with van der Waals surface area (Å²) in [6, 6.07) is 8.78. The number of hydrazone groups is 1. The monoisotopic (exact) mass is 259 g/mol. The molecule has 0 aromatic heterocycles. The summed E-state index contributed by atoms with van der Waals surface area (Å²) in [6.45, 7) is 7.13. The van der Waals surface area contributed by atoms with E-state index in [4.69, 9.17) is 0 Å². The quantitative estimate of drug-likeness (QED) is 0.478. The molecule has 100 valence electrons. The van der Waals surface area contributed by atoms with E-state index in [0.29, 0.717) is 16.8 Å². The molecule has 2 amide bonds. The van der Waals surface area contributed by atoms with Crippen LogP contribution in [0, 0.1) is 0 Å². The number of nitrogens with zero attached hydrogens (tertiary/aromatic N) is 1. The molecule has 0 saturated carbocycles. The largest absolute Gasteiger partial charge is 0.347 e. The van der Waals surface area contributed by atoms with Crippen molar-refractivity contribution in [3.8, 4) is 0 Å². The van der Waals surface area contributed by atoms with E-state index in [0.717, 1.165) is 0 Å². The number of hydrogen-bond acceptors (Lipinski definition) is 3. The molecule has 0 heterocycles. The number of rotatable bonds is 5. The van der Waals surface area contributed by atoms with Gasteiger partial charge in [0.25, 0.3) is 5.91 Å². The first-order valence-corrected chi connectivity index (χ1v) is 5.83. The Hall–Kier alpha value is -2.43. The molecule has 2 N–H and O–H groups in total. The van der Waals surface area contributed by atoms with Gasteiger partial charge >= 0.3 is 0 Å². The van der Waals surface area contributed by atoms with Crippen molar-refractivity contribution < 1.29 is 9.59 Å². The van der Waals surface area contributed by atoms with Crippen molar-refractivity contribution in [2.45, 2.75) is 13.8 Å². The van der Waals surface area contributed by atoms with Crippen LogP contribution in [0.4, 0.5) is 0 Å². The maximum Gasteiger partial charge on any atom is 0.271 e. The van der Waals surface area contributed by atoms with Crippen LogP contribution in [0.25, 0.3) is 0 Å². The van der Waals surface area contributed by atoms with Crippen molar-refractivity contribution in [2.24, 2.45) is 5.10 Å². The molecule has 1 aromatic carbocycles. The number of nitrogens with one attached hydrogen (secondary N) is 2. The van der Waals surface area contributed by atoms with Crippen molar-refractivity contribution in [3.63, 3.8) is 0 Å². The van der Waals surface area contributed by atoms with Crippen molar-refractivity contribution >= 4 is 17.5 Å². The van der Waals surface area contributed by atoms with Gasteiger partial charge in [-0.05, 0) is 26.0 Å².